The minimum absolute atomic E-state index is 0.0314. The number of anilines is 3. The zero-order valence-corrected chi connectivity index (χ0v) is 19.1. The van der Waals surface area contributed by atoms with Crippen LogP contribution in [0.5, 0.6) is 0 Å². The molecule has 0 aliphatic heterocycles. The van der Waals surface area contributed by atoms with Crippen LogP contribution in [0.4, 0.5) is 17.1 Å². The van der Waals surface area contributed by atoms with E-state index in [9.17, 15) is 24.3 Å². The van der Waals surface area contributed by atoms with Crippen molar-refractivity contribution >= 4 is 52.1 Å². The van der Waals surface area contributed by atoms with Crippen LogP contribution in [0.2, 0.25) is 10.0 Å². The molecule has 33 heavy (non-hydrogen) atoms. The second-order valence-electron chi connectivity index (χ2n) is 7.58. The van der Waals surface area contributed by atoms with Crippen molar-refractivity contribution in [2.24, 2.45) is 0 Å². The van der Waals surface area contributed by atoms with Gasteiger partial charge >= 0.3 is 5.97 Å². The second kappa shape index (κ2) is 10.0. The normalized spacial score (nSPS) is 11.9. The van der Waals surface area contributed by atoms with Gasteiger partial charge in [-0.25, -0.2) is 4.79 Å². The molecule has 9 nitrogen and oxygen atoms in total. The minimum atomic E-state index is -1.18. The van der Waals surface area contributed by atoms with E-state index >= 15 is 0 Å². The third kappa shape index (κ3) is 5.50. The Morgan fingerprint density at radius 1 is 0.970 bits per heavy atom. The number of nitrogens with one attached hydrogen (secondary N) is 3. The van der Waals surface area contributed by atoms with Gasteiger partial charge in [0.15, 0.2) is 0 Å². The standard InChI is InChI=1S/C22H20Cl2N4O5/c1-10(2)26-17-18(20(30)19(17)29)28-15(22(32)33)7-11-3-5-12(6-4-11)27-21(31)16-13(23)8-25-9-14(16)24/h3-6,8-10,15,26,28H,7H2,1-2H3,(H,27,31)(H,32,33)/t15-/m0/s1. The number of halogens is 2. The summed E-state index contributed by atoms with van der Waals surface area (Å²) in [5.74, 6) is -1.70. The lowest BCUT2D eigenvalue weighted by Gasteiger charge is -2.21. The summed E-state index contributed by atoms with van der Waals surface area (Å²) in [7, 11) is 0. The Kier molecular flexibility index (Phi) is 7.35. The molecule has 0 saturated carbocycles. The molecule has 0 bridgehead atoms. The van der Waals surface area contributed by atoms with E-state index in [1.54, 1.807) is 38.1 Å². The Labute approximate surface area is 198 Å². The van der Waals surface area contributed by atoms with Crippen molar-refractivity contribution in [3.8, 4) is 0 Å². The third-order valence-electron chi connectivity index (χ3n) is 4.69. The monoisotopic (exact) mass is 490 g/mol. The molecule has 1 atom stereocenters. The van der Waals surface area contributed by atoms with Gasteiger partial charge in [-0.3, -0.25) is 19.4 Å². The molecule has 2 aromatic carbocycles. The minimum Gasteiger partial charge on any atom is -0.480 e. The van der Waals surface area contributed by atoms with Crippen molar-refractivity contribution in [2.75, 3.05) is 16.0 Å². The predicted octanol–water partition coefficient (Wildman–Crippen LogP) is 3.16. The van der Waals surface area contributed by atoms with E-state index in [0.29, 0.717) is 11.3 Å². The van der Waals surface area contributed by atoms with Crippen LogP contribution in [0.1, 0.15) is 29.8 Å². The highest BCUT2D eigenvalue weighted by Gasteiger charge is 2.27. The molecule has 4 N–H and O–H groups in total. The molecule has 0 spiro atoms. The summed E-state index contributed by atoms with van der Waals surface area (Å²) >= 11 is 12.0. The third-order valence-corrected chi connectivity index (χ3v) is 5.27. The second-order valence-corrected chi connectivity index (χ2v) is 8.39. The Morgan fingerprint density at radius 3 is 2.03 bits per heavy atom. The number of rotatable bonds is 9. The number of aliphatic carboxylic acids is 1. The Bertz CT molecular complexity index is 1250. The Morgan fingerprint density at radius 2 is 1.52 bits per heavy atom. The zero-order valence-electron chi connectivity index (χ0n) is 17.6. The number of benzene rings is 1. The molecule has 1 heterocycles. The van der Waals surface area contributed by atoms with Gasteiger partial charge in [0, 0.05) is 30.5 Å². The molecular formula is C22H20Cl2N4O5. The number of nitrogens with zero attached hydrogens (tertiary/aromatic N) is 1. The maximum Gasteiger partial charge on any atom is 0.326 e. The molecular weight excluding hydrogens is 471 g/mol. The molecule has 11 heteroatoms. The molecule has 0 saturated heterocycles. The van der Waals surface area contributed by atoms with E-state index < -0.39 is 28.8 Å². The summed E-state index contributed by atoms with van der Waals surface area (Å²) in [4.78, 5) is 51.7. The molecule has 0 unspecified atom stereocenters. The van der Waals surface area contributed by atoms with Crippen molar-refractivity contribution in [3.05, 3.63) is 78.3 Å². The maximum absolute atomic E-state index is 12.5. The van der Waals surface area contributed by atoms with Crippen molar-refractivity contribution < 1.29 is 14.7 Å². The average Bonchev–Trinajstić information content (AvgIpc) is 2.75. The molecule has 0 radical (unpaired) electrons. The van der Waals surface area contributed by atoms with Crippen LogP contribution in [0.3, 0.4) is 0 Å². The average molecular weight is 491 g/mol. The SMILES string of the molecule is CC(C)Nc1c(N[C@@H](Cc2ccc(NC(=O)c3c(Cl)cncc3Cl)cc2)C(=O)O)c(=O)c1=O. The molecule has 1 aromatic heterocycles. The maximum atomic E-state index is 12.5. The van der Waals surface area contributed by atoms with Gasteiger partial charge in [-0.15, -0.1) is 0 Å². The first-order chi connectivity index (χ1) is 15.6. The summed E-state index contributed by atoms with van der Waals surface area (Å²) in [5.41, 5.74) is -0.209. The molecule has 0 aliphatic rings. The number of amides is 1. The first-order valence-electron chi connectivity index (χ1n) is 9.87. The van der Waals surface area contributed by atoms with Crippen LogP contribution in [0.25, 0.3) is 0 Å². The molecule has 0 fully saturated rings. The molecule has 0 aliphatic carbocycles. The van der Waals surface area contributed by atoms with Gasteiger partial charge < -0.3 is 21.1 Å². The fourth-order valence-corrected chi connectivity index (χ4v) is 3.65. The largest absolute Gasteiger partial charge is 0.480 e. The fourth-order valence-electron chi connectivity index (χ4n) is 3.11. The highest BCUT2D eigenvalue weighted by molar-refractivity contribution is 6.40. The van der Waals surface area contributed by atoms with Gasteiger partial charge in [0.2, 0.25) is 0 Å². The Hall–Kier alpha value is -3.43. The Balaban J connectivity index is 1.71. The van der Waals surface area contributed by atoms with Gasteiger partial charge in [0.05, 0.1) is 15.6 Å². The van der Waals surface area contributed by atoms with Crippen molar-refractivity contribution in [3.63, 3.8) is 0 Å². The van der Waals surface area contributed by atoms with Gasteiger partial charge in [-0.05, 0) is 31.5 Å². The topological polar surface area (TPSA) is 137 Å². The highest BCUT2D eigenvalue weighted by Crippen LogP contribution is 2.24. The van der Waals surface area contributed by atoms with E-state index in [2.05, 4.69) is 20.9 Å². The van der Waals surface area contributed by atoms with Crippen LogP contribution in [0.15, 0.2) is 46.2 Å². The molecule has 3 aromatic rings. The van der Waals surface area contributed by atoms with Crippen molar-refractivity contribution in [1.82, 2.24) is 4.98 Å². The van der Waals surface area contributed by atoms with Gasteiger partial charge in [-0.2, -0.15) is 0 Å². The number of carboxylic acids is 1. The smallest absolute Gasteiger partial charge is 0.326 e. The molecule has 3 rings (SSSR count). The van der Waals surface area contributed by atoms with E-state index in [-0.39, 0.29) is 39.4 Å². The molecule has 1 amide bonds. The lowest BCUT2D eigenvalue weighted by molar-refractivity contribution is -0.137. The lowest BCUT2D eigenvalue weighted by Crippen LogP contribution is -2.43. The number of hydrogen-bond acceptors (Lipinski definition) is 7. The summed E-state index contributed by atoms with van der Waals surface area (Å²) < 4.78 is 0. The molecule has 172 valence electrons. The van der Waals surface area contributed by atoms with Crippen molar-refractivity contribution in [1.29, 1.82) is 0 Å². The van der Waals surface area contributed by atoms with Crippen LogP contribution < -0.4 is 26.8 Å². The number of hydrogen-bond donors (Lipinski definition) is 4. The van der Waals surface area contributed by atoms with Gasteiger partial charge in [0.1, 0.15) is 17.4 Å². The van der Waals surface area contributed by atoms with Crippen molar-refractivity contribution in [2.45, 2.75) is 32.4 Å². The first kappa shape index (κ1) is 24.2. The number of carboxylic acid groups (broad SMARTS) is 1. The van der Waals surface area contributed by atoms with Crippen LogP contribution in [0, 0.1) is 0 Å². The number of pyridine rings is 1. The van der Waals surface area contributed by atoms with Crippen LogP contribution in [-0.2, 0) is 11.2 Å². The van der Waals surface area contributed by atoms with Crippen LogP contribution in [-0.4, -0.2) is 34.1 Å². The summed E-state index contributed by atoms with van der Waals surface area (Å²) in [6.07, 6.45) is 2.65. The van der Waals surface area contributed by atoms with E-state index in [1.807, 2.05) is 0 Å². The predicted molar refractivity (Wildman–Crippen MR) is 128 cm³/mol. The van der Waals surface area contributed by atoms with E-state index in [1.165, 1.54) is 12.4 Å². The number of carbonyl (C=O) groups is 2. The fraction of sp³-hybridized carbons (Fsp3) is 0.227. The zero-order chi connectivity index (χ0) is 24.3. The highest BCUT2D eigenvalue weighted by atomic mass is 35.5. The first-order valence-corrected chi connectivity index (χ1v) is 10.6. The van der Waals surface area contributed by atoms with Gasteiger partial charge in [0.25, 0.3) is 16.8 Å². The quantitative estimate of drug-likeness (QED) is 0.335. The van der Waals surface area contributed by atoms with E-state index in [0.717, 1.165) is 0 Å². The van der Waals surface area contributed by atoms with E-state index in [4.69, 9.17) is 23.2 Å². The summed E-state index contributed by atoms with van der Waals surface area (Å²) in [6.45, 7) is 3.60. The van der Waals surface area contributed by atoms with Crippen LogP contribution >= 0.6 is 23.2 Å². The number of carbonyl (C=O) groups excluding carboxylic acids is 1. The summed E-state index contributed by atoms with van der Waals surface area (Å²) in [6, 6.07) is 5.22. The number of aromatic nitrogens is 1. The summed E-state index contributed by atoms with van der Waals surface area (Å²) in [5, 5.41) is 18.0. The van der Waals surface area contributed by atoms with Gasteiger partial charge in [-0.1, -0.05) is 35.3 Å². The lowest BCUT2D eigenvalue weighted by atomic mass is 10.0.